The third-order valence-corrected chi connectivity index (χ3v) is 4.97. The molecular weight excluding hydrogens is 313 g/mol. The Morgan fingerprint density at radius 1 is 1.15 bits per heavy atom. The number of carbonyl (C=O) groups is 1. The molecule has 0 saturated heterocycles. The average Bonchev–Trinajstić information content (AvgIpc) is 2.69. The molecule has 0 radical (unpaired) electrons. The fourth-order valence-electron chi connectivity index (χ4n) is 2.52. The molecule has 1 aromatic heterocycles. The number of rotatable bonds is 1. The molecule has 0 aliphatic heterocycles. The first-order valence-corrected chi connectivity index (χ1v) is 7.91. The number of nitrogens with zero attached hydrogens (tertiary/aromatic N) is 1. The van der Waals surface area contributed by atoms with Gasteiger partial charge in [-0.05, 0) is 30.0 Å². The molecule has 0 saturated carbocycles. The van der Waals surface area contributed by atoms with Gasteiger partial charge < -0.3 is 0 Å². The van der Waals surface area contributed by atoms with Gasteiger partial charge in [-0.15, -0.1) is 11.3 Å². The minimum absolute atomic E-state index is 0.0125. The summed E-state index contributed by atoms with van der Waals surface area (Å²) in [5, 5.41) is 1.96. The van der Waals surface area contributed by atoms with Crippen molar-refractivity contribution in [1.82, 2.24) is 4.98 Å². The summed E-state index contributed by atoms with van der Waals surface area (Å²) < 4.78 is 0. The van der Waals surface area contributed by atoms with E-state index in [0.29, 0.717) is 16.5 Å². The molecule has 2 aromatic rings. The van der Waals surface area contributed by atoms with Crippen LogP contribution >= 0.6 is 34.5 Å². The van der Waals surface area contributed by atoms with E-state index in [1.165, 1.54) is 11.3 Å². The number of hydrogen-bond donors (Lipinski definition) is 0. The Morgan fingerprint density at radius 2 is 1.80 bits per heavy atom. The molecule has 2 nitrogen and oxygen atoms in total. The van der Waals surface area contributed by atoms with Crippen LogP contribution in [0.1, 0.15) is 35.6 Å². The Balaban J connectivity index is 2.08. The zero-order valence-electron chi connectivity index (χ0n) is 11.2. The second kappa shape index (κ2) is 4.83. The van der Waals surface area contributed by atoms with E-state index >= 15 is 0 Å². The zero-order valence-corrected chi connectivity index (χ0v) is 13.5. The van der Waals surface area contributed by atoms with Gasteiger partial charge in [-0.1, -0.05) is 37.0 Å². The number of benzene rings is 1. The Kier molecular flexibility index (Phi) is 3.39. The van der Waals surface area contributed by atoms with Gasteiger partial charge in [0.15, 0.2) is 5.78 Å². The maximum Gasteiger partial charge on any atom is 0.175 e. The smallest absolute Gasteiger partial charge is 0.175 e. The summed E-state index contributed by atoms with van der Waals surface area (Å²) in [6, 6.07) is 5.34. The maximum atomic E-state index is 12.2. The first kappa shape index (κ1) is 14.1. The molecule has 104 valence electrons. The Morgan fingerprint density at radius 3 is 2.45 bits per heavy atom. The first-order chi connectivity index (χ1) is 9.34. The summed E-state index contributed by atoms with van der Waals surface area (Å²) in [6.45, 7) is 4.20. The standard InChI is InChI=1S/C15H13Cl2NOS/c1-15(2)6-11-13(12(19)7-15)20-14(18-11)8-3-9(16)5-10(17)4-8/h3-5H,6-7H2,1-2H3. The van der Waals surface area contributed by atoms with Crippen LogP contribution in [0.4, 0.5) is 0 Å². The van der Waals surface area contributed by atoms with Gasteiger partial charge in [-0.2, -0.15) is 0 Å². The Labute approximate surface area is 131 Å². The van der Waals surface area contributed by atoms with Crippen molar-refractivity contribution in [3.63, 3.8) is 0 Å². The van der Waals surface area contributed by atoms with E-state index in [4.69, 9.17) is 23.2 Å². The van der Waals surface area contributed by atoms with Crippen molar-refractivity contribution in [3.05, 3.63) is 38.8 Å². The number of hydrogen-bond acceptors (Lipinski definition) is 3. The van der Waals surface area contributed by atoms with Crippen LogP contribution in [-0.2, 0) is 6.42 Å². The first-order valence-electron chi connectivity index (χ1n) is 6.33. The second-order valence-electron chi connectivity index (χ2n) is 5.89. The molecule has 1 heterocycles. The molecule has 1 aromatic carbocycles. The van der Waals surface area contributed by atoms with Gasteiger partial charge in [0.2, 0.25) is 0 Å². The number of carbonyl (C=O) groups excluding carboxylic acids is 1. The van der Waals surface area contributed by atoms with Gasteiger partial charge in [0, 0.05) is 22.0 Å². The highest BCUT2D eigenvalue weighted by Gasteiger charge is 2.33. The summed E-state index contributed by atoms with van der Waals surface area (Å²) in [5.74, 6) is 0.188. The van der Waals surface area contributed by atoms with E-state index in [9.17, 15) is 4.79 Å². The van der Waals surface area contributed by atoms with Crippen LogP contribution in [0.25, 0.3) is 10.6 Å². The molecule has 0 N–H and O–H groups in total. The lowest BCUT2D eigenvalue weighted by Gasteiger charge is -2.26. The zero-order chi connectivity index (χ0) is 14.5. The molecule has 0 fully saturated rings. The Bertz CT molecular complexity index is 686. The third-order valence-electron chi connectivity index (χ3n) is 3.35. The molecule has 1 aliphatic rings. The largest absolute Gasteiger partial charge is 0.293 e. The van der Waals surface area contributed by atoms with E-state index in [-0.39, 0.29) is 11.2 Å². The quantitative estimate of drug-likeness (QED) is 0.714. The highest BCUT2D eigenvalue weighted by molar-refractivity contribution is 7.17. The van der Waals surface area contributed by atoms with Crippen molar-refractivity contribution in [2.24, 2.45) is 5.41 Å². The fraction of sp³-hybridized carbons (Fsp3) is 0.333. The highest BCUT2D eigenvalue weighted by Crippen LogP contribution is 2.40. The molecule has 3 rings (SSSR count). The minimum atomic E-state index is -0.0125. The molecule has 20 heavy (non-hydrogen) atoms. The number of aromatic nitrogens is 1. The van der Waals surface area contributed by atoms with Crippen LogP contribution < -0.4 is 0 Å². The fourth-order valence-corrected chi connectivity index (χ4v) is 4.05. The molecule has 5 heteroatoms. The van der Waals surface area contributed by atoms with Gasteiger partial charge in [0.25, 0.3) is 0 Å². The van der Waals surface area contributed by atoms with Gasteiger partial charge in [-0.3, -0.25) is 4.79 Å². The van der Waals surface area contributed by atoms with Gasteiger partial charge in [0.1, 0.15) is 5.01 Å². The van der Waals surface area contributed by atoms with Gasteiger partial charge in [-0.25, -0.2) is 4.98 Å². The van der Waals surface area contributed by atoms with Gasteiger partial charge >= 0.3 is 0 Å². The Hall–Kier alpha value is -0.900. The highest BCUT2D eigenvalue weighted by atomic mass is 35.5. The van der Waals surface area contributed by atoms with E-state index in [0.717, 1.165) is 27.6 Å². The van der Waals surface area contributed by atoms with Crippen molar-refractivity contribution in [1.29, 1.82) is 0 Å². The second-order valence-corrected chi connectivity index (χ2v) is 7.77. The normalized spacial score (nSPS) is 17.1. The lowest BCUT2D eigenvalue weighted by molar-refractivity contribution is 0.0916. The molecule has 0 atom stereocenters. The van der Waals surface area contributed by atoms with Crippen molar-refractivity contribution < 1.29 is 4.79 Å². The predicted molar refractivity (Wildman–Crippen MR) is 84.0 cm³/mol. The van der Waals surface area contributed by atoms with Crippen LogP contribution in [0.3, 0.4) is 0 Å². The minimum Gasteiger partial charge on any atom is -0.293 e. The lowest BCUT2D eigenvalue weighted by Crippen LogP contribution is -2.25. The van der Waals surface area contributed by atoms with Crippen molar-refractivity contribution in [3.8, 4) is 10.6 Å². The van der Waals surface area contributed by atoms with Crippen LogP contribution in [0.5, 0.6) is 0 Å². The van der Waals surface area contributed by atoms with E-state index < -0.39 is 0 Å². The number of fused-ring (bicyclic) bond motifs is 1. The SMILES string of the molecule is CC1(C)CC(=O)c2sc(-c3cc(Cl)cc(Cl)c3)nc2C1. The van der Waals surface area contributed by atoms with E-state index in [2.05, 4.69) is 18.8 Å². The van der Waals surface area contributed by atoms with E-state index in [1.54, 1.807) is 6.07 Å². The summed E-state index contributed by atoms with van der Waals surface area (Å²) in [5.41, 5.74) is 1.76. The van der Waals surface area contributed by atoms with Crippen LogP contribution in [0.2, 0.25) is 10.0 Å². The lowest BCUT2D eigenvalue weighted by atomic mass is 9.78. The molecular formula is C15H13Cl2NOS. The summed E-state index contributed by atoms with van der Waals surface area (Å²) in [6.07, 6.45) is 1.41. The van der Waals surface area contributed by atoms with E-state index in [1.807, 2.05) is 12.1 Å². The van der Waals surface area contributed by atoms with Crippen molar-refractivity contribution in [2.75, 3.05) is 0 Å². The molecule has 1 aliphatic carbocycles. The summed E-state index contributed by atoms with van der Waals surface area (Å²) >= 11 is 13.5. The van der Waals surface area contributed by atoms with Crippen LogP contribution in [-0.4, -0.2) is 10.8 Å². The van der Waals surface area contributed by atoms with Crippen LogP contribution in [0, 0.1) is 5.41 Å². The molecule has 0 unspecified atom stereocenters. The monoisotopic (exact) mass is 325 g/mol. The predicted octanol–water partition coefficient (Wildman–Crippen LogP) is 5.27. The topological polar surface area (TPSA) is 30.0 Å². The van der Waals surface area contributed by atoms with Gasteiger partial charge in [0.05, 0.1) is 10.6 Å². The summed E-state index contributed by atoms with van der Waals surface area (Å²) in [4.78, 5) is 17.6. The number of thiazole rings is 1. The third kappa shape index (κ3) is 2.62. The summed E-state index contributed by atoms with van der Waals surface area (Å²) in [7, 11) is 0. The average molecular weight is 326 g/mol. The van der Waals surface area contributed by atoms with Crippen molar-refractivity contribution >= 4 is 40.3 Å². The van der Waals surface area contributed by atoms with Crippen LogP contribution in [0.15, 0.2) is 18.2 Å². The molecule has 0 bridgehead atoms. The number of Topliss-reactive ketones (excluding diaryl/α,β-unsaturated/α-hetero) is 1. The number of halogens is 2. The van der Waals surface area contributed by atoms with Crippen molar-refractivity contribution in [2.45, 2.75) is 26.7 Å². The molecule has 0 amide bonds. The number of ketones is 1. The molecule has 0 spiro atoms. The maximum absolute atomic E-state index is 12.2.